The Labute approximate surface area is 76.1 Å². The Morgan fingerprint density at radius 1 is 1.17 bits per heavy atom. The summed E-state index contributed by atoms with van der Waals surface area (Å²) in [5, 5.41) is 2.17. The third kappa shape index (κ3) is 1.30. The minimum absolute atomic E-state index is 1.23. The lowest BCUT2D eigenvalue weighted by Crippen LogP contribution is -1.67. The first kappa shape index (κ1) is 7.62. The average Bonchev–Trinajstić information content (AvgIpc) is 2.58. The summed E-state index contributed by atoms with van der Waals surface area (Å²) < 4.78 is 0. The number of thiophene rings is 1. The summed E-state index contributed by atoms with van der Waals surface area (Å²) in [6.07, 6.45) is 2.03. The summed E-state index contributed by atoms with van der Waals surface area (Å²) in [7, 11) is 0. The first-order chi connectivity index (χ1) is 5.75. The van der Waals surface area contributed by atoms with Crippen LogP contribution < -0.4 is 0 Å². The van der Waals surface area contributed by atoms with E-state index in [-0.39, 0.29) is 0 Å². The highest BCUT2D eigenvalue weighted by Gasteiger charge is 2.01. The summed E-state index contributed by atoms with van der Waals surface area (Å²) in [4.78, 5) is 4.57. The number of hydrogen-bond acceptors (Lipinski definition) is 1. The van der Waals surface area contributed by atoms with Crippen LogP contribution in [-0.2, 0) is 0 Å². The lowest BCUT2D eigenvalue weighted by Gasteiger charge is -1.87. The van der Waals surface area contributed by atoms with Crippen LogP contribution in [0.4, 0.5) is 0 Å². The first-order valence-electron chi connectivity index (χ1n) is 3.96. The van der Waals surface area contributed by atoms with Crippen LogP contribution in [0.5, 0.6) is 0 Å². The molecule has 0 saturated heterocycles. The fourth-order valence-corrected chi connectivity index (χ4v) is 2.10. The van der Waals surface area contributed by atoms with Crippen molar-refractivity contribution in [2.24, 2.45) is 0 Å². The van der Waals surface area contributed by atoms with Gasteiger partial charge in [-0.05, 0) is 42.5 Å². The minimum atomic E-state index is 1.23. The molecule has 2 heterocycles. The van der Waals surface area contributed by atoms with Gasteiger partial charge in [-0.25, -0.2) is 0 Å². The molecular formula is C10H11NS. The molecular weight excluding hydrogens is 166 g/mol. The van der Waals surface area contributed by atoms with E-state index >= 15 is 0 Å². The zero-order valence-corrected chi connectivity index (χ0v) is 8.03. The van der Waals surface area contributed by atoms with E-state index in [1.807, 2.05) is 6.20 Å². The van der Waals surface area contributed by atoms with Crippen molar-refractivity contribution in [1.82, 2.24) is 4.98 Å². The molecule has 1 nitrogen and oxygen atoms in total. The Balaban J connectivity index is 2.43. The lowest BCUT2D eigenvalue weighted by molar-refractivity contribution is 1.39. The Hall–Kier alpha value is -1.02. The number of aromatic nitrogens is 1. The summed E-state index contributed by atoms with van der Waals surface area (Å²) in [5.41, 5.74) is 3.85. The van der Waals surface area contributed by atoms with Gasteiger partial charge in [0.15, 0.2) is 0 Å². The van der Waals surface area contributed by atoms with Gasteiger partial charge in [0, 0.05) is 6.20 Å². The van der Waals surface area contributed by atoms with Crippen LogP contribution in [0, 0.1) is 13.8 Å². The Morgan fingerprint density at radius 3 is 2.50 bits per heavy atom. The Morgan fingerprint density at radius 2 is 2.00 bits per heavy atom. The van der Waals surface area contributed by atoms with Gasteiger partial charge in [-0.15, -0.1) is 11.3 Å². The van der Waals surface area contributed by atoms with Crippen molar-refractivity contribution >= 4 is 11.3 Å². The minimum Gasteiger partial charge on any atom is -0.360 e. The SMILES string of the molecule is Cc1c[nH]c(-c2cc(C)cs2)c1. The quantitative estimate of drug-likeness (QED) is 0.687. The molecule has 0 aliphatic rings. The number of hydrogen-bond donors (Lipinski definition) is 1. The highest BCUT2D eigenvalue weighted by molar-refractivity contribution is 7.13. The van der Waals surface area contributed by atoms with Crippen LogP contribution in [0.2, 0.25) is 0 Å². The van der Waals surface area contributed by atoms with E-state index < -0.39 is 0 Å². The van der Waals surface area contributed by atoms with Crippen LogP contribution in [0.1, 0.15) is 11.1 Å². The molecule has 2 rings (SSSR count). The van der Waals surface area contributed by atoms with E-state index in [4.69, 9.17) is 0 Å². The maximum atomic E-state index is 3.25. The number of H-pyrrole nitrogens is 1. The fraction of sp³-hybridized carbons (Fsp3) is 0.200. The van der Waals surface area contributed by atoms with Gasteiger partial charge in [-0.2, -0.15) is 0 Å². The summed E-state index contributed by atoms with van der Waals surface area (Å²) >= 11 is 1.78. The second-order valence-corrected chi connectivity index (χ2v) is 3.99. The molecule has 2 heteroatoms. The van der Waals surface area contributed by atoms with Crippen LogP contribution in [0.3, 0.4) is 0 Å². The van der Waals surface area contributed by atoms with Gasteiger partial charge < -0.3 is 4.98 Å². The van der Waals surface area contributed by atoms with Crippen molar-refractivity contribution in [3.63, 3.8) is 0 Å². The van der Waals surface area contributed by atoms with Gasteiger partial charge in [-0.3, -0.25) is 0 Å². The van der Waals surface area contributed by atoms with Gasteiger partial charge in [0.2, 0.25) is 0 Å². The Kier molecular flexibility index (Phi) is 1.77. The van der Waals surface area contributed by atoms with E-state index in [0.717, 1.165) is 0 Å². The molecule has 0 spiro atoms. The molecule has 12 heavy (non-hydrogen) atoms. The third-order valence-electron chi connectivity index (χ3n) is 1.82. The van der Waals surface area contributed by atoms with E-state index in [1.54, 1.807) is 11.3 Å². The van der Waals surface area contributed by atoms with Crippen molar-refractivity contribution in [2.75, 3.05) is 0 Å². The molecule has 0 aliphatic heterocycles. The van der Waals surface area contributed by atoms with Crippen molar-refractivity contribution in [2.45, 2.75) is 13.8 Å². The maximum Gasteiger partial charge on any atom is 0.0558 e. The molecule has 1 N–H and O–H groups in total. The number of aromatic amines is 1. The topological polar surface area (TPSA) is 15.8 Å². The molecule has 0 fully saturated rings. The molecule has 0 aromatic carbocycles. The van der Waals surface area contributed by atoms with Gasteiger partial charge in [-0.1, -0.05) is 0 Å². The van der Waals surface area contributed by atoms with E-state index in [2.05, 4.69) is 36.3 Å². The molecule has 0 saturated carbocycles. The van der Waals surface area contributed by atoms with Crippen molar-refractivity contribution in [3.05, 3.63) is 34.8 Å². The normalized spacial score (nSPS) is 10.5. The Bertz CT molecular complexity index is 346. The zero-order chi connectivity index (χ0) is 8.55. The predicted octanol–water partition coefficient (Wildman–Crippen LogP) is 3.36. The smallest absolute Gasteiger partial charge is 0.0558 e. The molecule has 0 radical (unpaired) electrons. The second kappa shape index (κ2) is 2.79. The summed E-state index contributed by atoms with van der Waals surface area (Å²) in [5.74, 6) is 0. The number of rotatable bonds is 1. The molecule has 0 aliphatic carbocycles. The largest absolute Gasteiger partial charge is 0.360 e. The van der Waals surface area contributed by atoms with Crippen molar-refractivity contribution in [3.8, 4) is 10.6 Å². The molecule has 62 valence electrons. The molecule has 0 amide bonds. The maximum absolute atomic E-state index is 3.25. The monoisotopic (exact) mass is 177 g/mol. The third-order valence-corrected chi connectivity index (χ3v) is 2.90. The number of nitrogens with one attached hydrogen (secondary N) is 1. The predicted molar refractivity (Wildman–Crippen MR) is 53.6 cm³/mol. The van der Waals surface area contributed by atoms with E-state index in [9.17, 15) is 0 Å². The van der Waals surface area contributed by atoms with Crippen LogP contribution >= 0.6 is 11.3 Å². The van der Waals surface area contributed by atoms with Crippen LogP contribution in [-0.4, -0.2) is 4.98 Å². The van der Waals surface area contributed by atoms with Crippen molar-refractivity contribution < 1.29 is 0 Å². The summed E-state index contributed by atoms with van der Waals surface area (Å²) in [6, 6.07) is 4.38. The van der Waals surface area contributed by atoms with Gasteiger partial charge >= 0.3 is 0 Å². The van der Waals surface area contributed by atoms with Crippen LogP contribution in [0.15, 0.2) is 23.7 Å². The van der Waals surface area contributed by atoms with Gasteiger partial charge in [0.05, 0.1) is 10.6 Å². The standard InChI is InChI=1S/C10H11NS/c1-7-3-9(11-5-7)10-4-8(2)6-12-10/h3-6,11H,1-2H3. The molecule has 2 aromatic heterocycles. The van der Waals surface area contributed by atoms with Crippen LogP contribution in [0.25, 0.3) is 10.6 Å². The van der Waals surface area contributed by atoms with E-state index in [1.165, 1.54) is 21.7 Å². The second-order valence-electron chi connectivity index (χ2n) is 3.08. The average molecular weight is 177 g/mol. The summed E-state index contributed by atoms with van der Waals surface area (Å²) in [6.45, 7) is 4.22. The molecule has 2 aromatic rings. The molecule has 0 unspecified atom stereocenters. The highest BCUT2D eigenvalue weighted by atomic mass is 32.1. The van der Waals surface area contributed by atoms with Gasteiger partial charge in [0.25, 0.3) is 0 Å². The van der Waals surface area contributed by atoms with Crippen molar-refractivity contribution in [1.29, 1.82) is 0 Å². The zero-order valence-electron chi connectivity index (χ0n) is 7.22. The van der Waals surface area contributed by atoms with Gasteiger partial charge in [0.1, 0.15) is 0 Å². The fourth-order valence-electron chi connectivity index (χ4n) is 1.22. The molecule has 0 bridgehead atoms. The lowest BCUT2D eigenvalue weighted by atomic mass is 10.3. The first-order valence-corrected chi connectivity index (χ1v) is 4.84. The molecule has 0 atom stereocenters. The highest BCUT2D eigenvalue weighted by Crippen LogP contribution is 2.25. The van der Waals surface area contributed by atoms with E-state index in [0.29, 0.717) is 0 Å². The number of aryl methyl sites for hydroxylation is 2.